The highest BCUT2D eigenvalue weighted by atomic mass is 32.1. The van der Waals surface area contributed by atoms with Crippen molar-refractivity contribution in [3.63, 3.8) is 0 Å². The quantitative estimate of drug-likeness (QED) is 0.755. The molecule has 23 heavy (non-hydrogen) atoms. The highest BCUT2D eigenvalue weighted by Crippen LogP contribution is 2.27. The zero-order valence-electron chi connectivity index (χ0n) is 12.4. The molecule has 0 unspecified atom stereocenters. The number of primary amides is 1. The number of aromatic nitrogens is 1. The van der Waals surface area contributed by atoms with Crippen LogP contribution in [0.3, 0.4) is 0 Å². The summed E-state index contributed by atoms with van der Waals surface area (Å²) in [4.78, 5) is 15.9. The van der Waals surface area contributed by atoms with Gasteiger partial charge in [0.2, 0.25) is 0 Å². The molecule has 4 nitrogen and oxygen atoms in total. The van der Waals surface area contributed by atoms with Crippen LogP contribution in [-0.2, 0) is 12.8 Å². The molecule has 2 aromatic carbocycles. The third kappa shape index (κ3) is 3.57. The monoisotopic (exact) mass is 324 g/mol. The van der Waals surface area contributed by atoms with Crippen LogP contribution in [0.25, 0.3) is 11.3 Å². The Morgan fingerprint density at radius 3 is 2.65 bits per heavy atom. The van der Waals surface area contributed by atoms with Crippen molar-refractivity contribution in [2.75, 3.05) is 0 Å². The van der Waals surface area contributed by atoms with E-state index < -0.39 is 5.91 Å². The molecular formula is C18H16N2O2S. The first-order chi connectivity index (χ1) is 11.1. The number of hydrogen-bond donors (Lipinski definition) is 2. The largest absolute Gasteiger partial charge is 0.507 e. The van der Waals surface area contributed by atoms with E-state index >= 15 is 0 Å². The number of amides is 1. The van der Waals surface area contributed by atoms with Gasteiger partial charge in [0, 0.05) is 17.4 Å². The predicted molar refractivity (Wildman–Crippen MR) is 91.6 cm³/mol. The Hall–Kier alpha value is -2.66. The molecule has 1 heterocycles. The number of carbonyl (C=O) groups excluding carboxylic acids is 1. The van der Waals surface area contributed by atoms with Crippen LogP contribution >= 0.6 is 11.3 Å². The molecule has 3 rings (SSSR count). The molecule has 0 saturated heterocycles. The maximum atomic E-state index is 11.3. The van der Waals surface area contributed by atoms with Crippen molar-refractivity contribution in [3.8, 4) is 17.0 Å². The summed E-state index contributed by atoms with van der Waals surface area (Å²) in [5.41, 5.74) is 8.23. The van der Waals surface area contributed by atoms with Gasteiger partial charge in [-0.2, -0.15) is 0 Å². The van der Waals surface area contributed by atoms with Gasteiger partial charge in [-0.25, -0.2) is 4.98 Å². The second-order valence-electron chi connectivity index (χ2n) is 5.21. The van der Waals surface area contributed by atoms with Crippen LogP contribution in [0.4, 0.5) is 0 Å². The molecule has 0 atom stereocenters. The van der Waals surface area contributed by atoms with Gasteiger partial charge in [-0.05, 0) is 30.2 Å². The molecule has 0 radical (unpaired) electrons. The Bertz CT molecular complexity index is 828. The zero-order chi connectivity index (χ0) is 16.2. The van der Waals surface area contributed by atoms with E-state index in [1.54, 1.807) is 23.5 Å². The molecule has 0 saturated carbocycles. The minimum atomic E-state index is -0.649. The maximum absolute atomic E-state index is 11.3. The number of nitrogens with zero attached hydrogens (tertiary/aromatic N) is 1. The van der Waals surface area contributed by atoms with Crippen molar-refractivity contribution >= 4 is 17.2 Å². The Morgan fingerprint density at radius 2 is 1.91 bits per heavy atom. The van der Waals surface area contributed by atoms with Crippen LogP contribution in [-0.4, -0.2) is 16.0 Å². The molecule has 0 aliphatic heterocycles. The highest BCUT2D eigenvalue weighted by Gasteiger charge is 2.11. The molecule has 0 spiro atoms. The number of nitrogens with two attached hydrogens (primary N) is 1. The van der Waals surface area contributed by atoms with Crippen molar-refractivity contribution in [2.24, 2.45) is 5.73 Å². The standard InChI is InChI=1S/C18H16N2O2S/c19-18(22)14-10-13(7-8-16(14)21)15-11-23-17(20-15)9-6-12-4-2-1-3-5-12/h1-5,7-8,10-11,21H,6,9H2,(H2,19,22). The first-order valence-electron chi connectivity index (χ1n) is 7.25. The first-order valence-corrected chi connectivity index (χ1v) is 8.13. The lowest BCUT2D eigenvalue weighted by Crippen LogP contribution is -2.11. The smallest absolute Gasteiger partial charge is 0.252 e. The summed E-state index contributed by atoms with van der Waals surface area (Å²) < 4.78 is 0. The second kappa shape index (κ2) is 6.62. The Balaban J connectivity index is 1.77. The van der Waals surface area contributed by atoms with Gasteiger partial charge in [0.05, 0.1) is 16.3 Å². The lowest BCUT2D eigenvalue weighted by molar-refractivity contribution is 0.0998. The summed E-state index contributed by atoms with van der Waals surface area (Å²) in [6.45, 7) is 0. The van der Waals surface area contributed by atoms with Crippen molar-refractivity contribution in [2.45, 2.75) is 12.8 Å². The van der Waals surface area contributed by atoms with Gasteiger partial charge in [-0.1, -0.05) is 30.3 Å². The predicted octanol–water partition coefficient (Wildman–Crippen LogP) is 3.40. The van der Waals surface area contributed by atoms with Gasteiger partial charge < -0.3 is 10.8 Å². The Labute approximate surface area is 138 Å². The van der Waals surface area contributed by atoms with Crippen LogP contribution in [0.1, 0.15) is 20.9 Å². The summed E-state index contributed by atoms with van der Waals surface area (Å²) in [6.07, 6.45) is 1.81. The molecule has 5 heteroatoms. The molecule has 3 N–H and O–H groups in total. The fraction of sp³-hybridized carbons (Fsp3) is 0.111. The lowest BCUT2D eigenvalue weighted by atomic mass is 10.1. The summed E-state index contributed by atoms with van der Waals surface area (Å²) in [6, 6.07) is 15.1. The molecule has 1 aromatic heterocycles. The van der Waals surface area contributed by atoms with E-state index in [9.17, 15) is 9.90 Å². The topological polar surface area (TPSA) is 76.2 Å². The number of rotatable bonds is 5. The zero-order valence-corrected chi connectivity index (χ0v) is 13.2. The summed E-state index contributed by atoms with van der Waals surface area (Å²) in [7, 11) is 0. The van der Waals surface area contributed by atoms with Gasteiger partial charge in [-0.3, -0.25) is 4.79 Å². The number of aryl methyl sites for hydroxylation is 2. The van der Waals surface area contributed by atoms with Crippen molar-refractivity contribution in [1.82, 2.24) is 4.98 Å². The SMILES string of the molecule is NC(=O)c1cc(-c2csc(CCc3ccccc3)n2)ccc1O. The van der Waals surface area contributed by atoms with Gasteiger partial charge in [-0.15, -0.1) is 11.3 Å². The first kappa shape index (κ1) is 15.2. The summed E-state index contributed by atoms with van der Waals surface area (Å²) in [5, 5.41) is 12.6. The Kier molecular flexibility index (Phi) is 4.39. The molecule has 0 fully saturated rings. The van der Waals surface area contributed by atoms with E-state index in [2.05, 4.69) is 17.1 Å². The van der Waals surface area contributed by atoms with Crippen LogP contribution in [0.5, 0.6) is 5.75 Å². The maximum Gasteiger partial charge on any atom is 0.252 e. The average molecular weight is 324 g/mol. The molecule has 0 aliphatic carbocycles. The number of aromatic hydroxyl groups is 1. The van der Waals surface area contributed by atoms with Crippen LogP contribution in [0.2, 0.25) is 0 Å². The lowest BCUT2D eigenvalue weighted by Gasteiger charge is -2.03. The highest BCUT2D eigenvalue weighted by molar-refractivity contribution is 7.09. The number of benzene rings is 2. The minimum absolute atomic E-state index is 0.110. The number of phenols is 1. The average Bonchev–Trinajstić information content (AvgIpc) is 3.03. The van der Waals surface area contributed by atoms with Gasteiger partial charge in [0.15, 0.2) is 0 Å². The molecule has 1 amide bonds. The third-order valence-corrected chi connectivity index (χ3v) is 4.49. The molecule has 0 aliphatic rings. The van der Waals surface area contributed by atoms with Crippen LogP contribution < -0.4 is 5.73 Å². The van der Waals surface area contributed by atoms with E-state index in [0.717, 1.165) is 29.1 Å². The molecule has 3 aromatic rings. The molecular weight excluding hydrogens is 308 g/mol. The van der Waals surface area contributed by atoms with E-state index in [0.29, 0.717) is 0 Å². The van der Waals surface area contributed by atoms with Crippen LogP contribution in [0, 0.1) is 0 Å². The molecule has 116 valence electrons. The van der Waals surface area contributed by atoms with E-state index in [4.69, 9.17) is 5.73 Å². The fourth-order valence-electron chi connectivity index (χ4n) is 2.35. The molecule has 0 bridgehead atoms. The summed E-state index contributed by atoms with van der Waals surface area (Å²) in [5.74, 6) is -0.760. The number of hydrogen-bond acceptors (Lipinski definition) is 4. The normalized spacial score (nSPS) is 10.6. The number of carbonyl (C=O) groups is 1. The van der Waals surface area contributed by atoms with E-state index in [-0.39, 0.29) is 11.3 Å². The summed E-state index contributed by atoms with van der Waals surface area (Å²) >= 11 is 1.59. The van der Waals surface area contributed by atoms with E-state index in [1.165, 1.54) is 11.6 Å². The van der Waals surface area contributed by atoms with Gasteiger partial charge >= 0.3 is 0 Å². The second-order valence-corrected chi connectivity index (χ2v) is 6.15. The van der Waals surface area contributed by atoms with Crippen molar-refractivity contribution < 1.29 is 9.90 Å². The van der Waals surface area contributed by atoms with Gasteiger partial charge in [0.25, 0.3) is 5.91 Å². The van der Waals surface area contributed by atoms with Crippen molar-refractivity contribution in [1.29, 1.82) is 0 Å². The third-order valence-electron chi connectivity index (χ3n) is 3.58. The van der Waals surface area contributed by atoms with Crippen LogP contribution in [0.15, 0.2) is 53.9 Å². The van der Waals surface area contributed by atoms with Crippen molar-refractivity contribution in [3.05, 3.63) is 70.0 Å². The number of thiazole rings is 1. The minimum Gasteiger partial charge on any atom is -0.507 e. The van der Waals surface area contributed by atoms with Gasteiger partial charge in [0.1, 0.15) is 5.75 Å². The Morgan fingerprint density at radius 1 is 1.13 bits per heavy atom. The van der Waals surface area contributed by atoms with E-state index in [1.807, 2.05) is 23.6 Å². The fourth-order valence-corrected chi connectivity index (χ4v) is 3.15.